The maximum Gasteiger partial charge on any atom is 0.317 e. The maximum atomic E-state index is 12.6. The molecule has 138 valence electrons. The van der Waals surface area contributed by atoms with Crippen LogP contribution in [0.5, 0.6) is 11.8 Å². The van der Waals surface area contributed by atoms with Gasteiger partial charge in [-0.1, -0.05) is 12.1 Å². The van der Waals surface area contributed by atoms with Gasteiger partial charge in [-0.05, 0) is 50.5 Å². The third-order valence-corrected chi connectivity index (χ3v) is 4.48. The number of aryl methyl sites for hydroxylation is 2. The van der Waals surface area contributed by atoms with E-state index in [2.05, 4.69) is 9.97 Å². The minimum absolute atomic E-state index is 0.0650. The van der Waals surface area contributed by atoms with E-state index in [1.54, 1.807) is 7.11 Å². The first-order valence-electron chi connectivity index (χ1n) is 8.93. The molecule has 0 bridgehead atoms. The van der Waals surface area contributed by atoms with E-state index in [4.69, 9.17) is 9.47 Å². The fourth-order valence-corrected chi connectivity index (χ4v) is 3.19. The molecule has 1 aromatic carbocycles. The van der Waals surface area contributed by atoms with Crippen LogP contribution in [0.15, 0.2) is 30.3 Å². The number of methoxy groups -OCH3 is 1. The highest BCUT2D eigenvalue weighted by Crippen LogP contribution is 2.18. The van der Waals surface area contributed by atoms with E-state index in [0.717, 1.165) is 42.1 Å². The fourth-order valence-electron chi connectivity index (χ4n) is 3.19. The van der Waals surface area contributed by atoms with Crippen molar-refractivity contribution in [1.29, 1.82) is 0 Å². The summed E-state index contributed by atoms with van der Waals surface area (Å²) in [6.45, 7) is 5.19. The summed E-state index contributed by atoms with van der Waals surface area (Å²) in [6, 6.07) is 9.93. The molecule has 1 atom stereocenters. The molecule has 0 saturated carbocycles. The lowest BCUT2D eigenvalue weighted by Crippen LogP contribution is -2.45. The van der Waals surface area contributed by atoms with Crippen molar-refractivity contribution in [3.8, 4) is 11.8 Å². The van der Waals surface area contributed by atoms with Gasteiger partial charge in [-0.2, -0.15) is 0 Å². The molecule has 1 aromatic heterocycles. The Morgan fingerprint density at radius 1 is 1.19 bits per heavy atom. The van der Waals surface area contributed by atoms with Gasteiger partial charge in [-0.15, -0.1) is 0 Å². The van der Waals surface area contributed by atoms with Crippen LogP contribution in [0.3, 0.4) is 0 Å². The Kier molecular flexibility index (Phi) is 5.71. The van der Waals surface area contributed by atoms with Crippen LogP contribution in [0, 0.1) is 13.8 Å². The Hall–Kier alpha value is -2.63. The number of carbonyl (C=O) groups is 1. The number of hydrogen-bond acceptors (Lipinski definition) is 5. The maximum absolute atomic E-state index is 12.6. The molecular formula is C20H25N3O3. The third kappa shape index (κ3) is 4.71. The summed E-state index contributed by atoms with van der Waals surface area (Å²) in [7, 11) is 1.63. The standard InChI is InChI=1S/C20H25N3O3/c1-14-11-15(2)22-20(21-14)26-18-5-4-10-23(13-18)19(24)12-16-6-8-17(25-3)9-7-16/h6-9,11,18H,4-5,10,12-13H2,1-3H3. The third-order valence-electron chi connectivity index (χ3n) is 4.48. The van der Waals surface area contributed by atoms with Crippen LogP contribution < -0.4 is 9.47 Å². The van der Waals surface area contributed by atoms with Gasteiger partial charge < -0.3 is 14.4 Å². The van der Waals surface area contributed by atoms with Crippen LogP contribution in [0.25, 0.3) is 0 Å². The van der Waals surface area contributed by atoms with Crippen LogP contribution >= 0.6 is 0 Å². The Morgan fingerprint density at radius 3 is 2.54 bits per heavy atom. The molecule has 2 heterocycles. The van der Waals surface area contributed by atoms with Gasteiger partial charge in [0.1, 0.15) is 11.9 Å². The summed E-state index contributed by atoms with van der Waals surface area (Å²) in [5, 5.41) is 0. The highest BCUT2D eigenvalue weighted by Gasteiger charge is 2.25. The Balaban J connectivity index is 1.59. The molecule has 1 fully saturated rings. The Bertz CT molecular complexity index is 741. The predicted octanol–water partition coefficient (Wildman–Crippen LogP) is 2.71. The highest BCUT2D eigenvalue weighted by molar-refractivity contribution is 5.79. The lowest BCUT2D eigenvalue weighted by Gasteiger charge is -2.32. The fraction of sp³-hybridized carbons (Fsp3) is 0.450. The monoisotopic (exact) mass is 355 g/mol. The smallest absolute Gasteiger partial charge is 0.317 e. The molecule has 1 aliphatic heterocycles. The van der Waals surface area contributed by atoms with Gasteiger partial charge in [0.15, 0.2) is 0 Å². The molecule has 6 nitrogen and oxygen atoms in total. The van der Waals surface area contributed by atoms with Crippen molar-refractivity contribution in [3.05, 3.63) is 47.3 Å². The molecule has 1 aliphatic rings. The number of piperidine rings is 1. The zero-order valence-electron chi connectivity index (χ0n) is 15.6. The highest BCUT2D eigenvalue weighted by atomic mass is 16.5. The zero-order chi connectivity index (χ0) is 18.5. The summed E-state index contributed by atoms with van der Waals surface area (Å²) >= 11 is 0. The van der Waals surface area contributed by atoms with Crippen molar-refractivity contribution >= 4 is 5.91 Å². The first-order chi connectivity index (χ1) is 12.5. The van der Waals surface area contributed by atoms with E-state index in [9.17, 15) is 4.79 Å². The topological polar surface area (TPSA) is 64.5 Å². The van der Waals surface area contributed by atoms with E-state index in [1.807, 2.05) is 49.1 Å². The van der Waals surface area contributed by atoms with Crippen LogP contribution in [0.1, 0.15) is 29.8 Å². The average Bonchev–Trinajstić information content (AvgIpc) is 2.61. The number of aromatic nitrogens is 2. The number of carbonyl (C=O) groups excluding carboxylic acids is 1. The summed E-state index contributed by atoms with van der Waals surface area (Å²) in [5.74, 6) is 0.908. The second-order valence-corrected chi connectivity index (χ2v) is 6.68. The quantitative estimate of drug-likeness (QED) is 0.825. The molecular weight excluding hydrogens is 330 g/mol. The first-order valence-corrected chi connectivity index (χ1v) is 8.93. The Labute approximate surface area is 154 Å². The van der Waals surface area contributed by atoms with E-state index in [1.165, 1.54) is 0 Å². The largest absolute Gasteiger partial charge is 0.497 e. The molecule has 2 aromatic rings. The van der Waals surface area contributed by atoms with Gasteiger partial charge in [-0.25, -0.2) is 9.97 Å². The molecule has 0 aliphatic carbocycles. The minimum Gasteiger partial charge on any atom is -0.497 e. The van der Waals surface area contributed by atoms with E-state index in [-0.39, 0.29) is 12.0 Å². The SMILES string of the molecule is COc1ccc(CC(=O)N2CCCC(Oc3nc(C)cc(C)n3)C2)cc1. The van der Waals surface area contributed by atoms with Gasteiger partial charge in [0.05, 0.1) is 20.1 Å². The molecule has 0 radical (unpaired) electrons. The molecule has 0 spiro atoms. The summed E-state index contributed by atoms with van der Waals surface area (Å²) in [5.41, 5.74) is 2.75. The predicted molar refractivity (Wildman–Crippen MR) is 98.4 cm³/mol. The van der Waals surface area contributed by atoms with E-state index in [0.29, 0.717) is 19.0 Å². The molecule has 1 saturated heterocycles. The number of likely N-dealkylation sites (tertiary alicyclic amines) is 1. The number of amides is 1. The second kappa shape index (κ2) is 8.17. The first kappa shape index (κ1) is 18.2. The normalized spacial score (nSPS) is 17.0. The van der Waals surface area contributed by atoms with Gasteiger partial charge in [-0.3, -0.25) is 4.79 Å². The van der Waals surface area contributed by atoms with Crippen molar-refractivity contribution in [2.24, 2.45) is 0 Å². The zero-order valence-corrected chi connectivity index (χ0v) is 15.6. The van der Waals surface area contributed by atoms with Crippen molar-refractivity contribution in [1.82, 2.24) is 14.9 Å². The number of ether oxygens (including phenoxy) is 2. The molecule has 1 amide bonds. The van der Waals surface area contributed by atoms with Crippen molar-refractivity contribution < 1.29 is 14.3 Å². The summed E-state index contributed by atoms with van der Waals surface area (Å²) < 4.78 is 11.1. The molecule has 26 heavy (non-hydrogen) atoms. The van der Waals surface area contributed by atoms with E-state index >= 15 is 0 Å². The minimum atomic E-state index is -0.0650. The van der Waals surface area contributed by atoms with Crippen LogP contribution in [0.2, 0.25) is 0 Å². The number of nitrogens with zero attached hydrogens (tertiary/aromatic N) is 3. The number of hydrogen-bond donors (Lipinski definition) is 0. The van der Waals surface area contributed by atoms with Gasteiger partial charge in [0.2, 0.25) is 5.91 Å². The summed E-state index contributed by atoms with van der Waals surface area (Å²) in [6.07, 6.45) is 2.15. The molecule has 6 heteroatoms. The van der Waals surface area contributed by atoms with Crippen LogP contribution in [-0.4, -0.2) is 47.1 Å². The average molecular weight is 355 g/mol. The van der Waals surface area contributed by atoms with Crippen molar-refractivity contribution in [3.63, 3.8) is 0 Å². The van der Waals surface area contributed by atoms with Crippen LogP contribution in [-0.2, 0) is 11.2 Å². The lowest BCUT2D eigenvalue weighted by molar-refractivity contribution is -0.133. The molecule has 1 unspecified atom stereocenters. The lowest BCUT2D eigenvalue weighted by atomic mass is 10.1. The van der Waals surface area contributed by atoms with Crippen LogP contribution in [0.4, 0.5) is 0 Å². The second-order valence-electron chi connectivity index (χ2n) is 6.68. The molecule has 0 N–H and O–H groups in total. The van der Waals surface area contributed by atoms with Gasteiger partial charge in [0, 0.05) is 17.9 Å². The Morgan fingerprint density at radius 2 is 1.88 bits per heavy atom. The van der Waals surface area contributed by atoms with Crippen molar-refractivity contribution in [2.45, 2.75) is 39.2 Å². The molecule has 3 rings (SSSR count). The van der Waals surface area contributed by atoms with Gasteiger partial charge >= 0.3 is 6.01 Å². The van der Waals surface area contributed by atoms with E-state index < -0.39 is 0 Å². The van der Waals surface area contributed by atoms with Gasteiger partial charge in [0.25, 0.3) is 0 Å². The number of benzene rings is 1. The van der Waals surface area contributed by atoms with Crippen molar-refractivity contribution in [2.75, 3.05) is 20.2 Å². The number of rotatable bonds is 5. The summed E-state index contributed by atoms with van der Waals surface area (Å²) in [4.78, 5) is 23.2.